The molecule has 4 aromatic rings. The average molecular weight is 483 g/mol. The molecule has 33 heavy (non-hydrogen) atoms. The molecule has 1 amide bonds. The number of rotatable bonds is 5. The molecule has 4 heterocycles. The van der Waals surface area contributed by atoms with Gasteiger partial charge < -0.3 is 10.1 Å². The molecule has 1 aliphatic rings. The molecule has 1 fully saturated rings. The van der Waals surface area contributed by atoms with Crippen LogP contribution in [0.1, 0.15) is 18.6 Å². The third kappa shape index (κ3) is 4.25. The number of fused-ring (bicyclic) bond motifs is 1. The number of benzene rings is 1. The minimum absolute atomic E-state index is 0.0111. The first kappa shape index (κ1) is 21.6. The Kier molecular flexibility index (Phi) is 5.88. The summed E-state index contributed by atoms with van der Waals surface area (Å²) in [6.45, 7) is 3.55. The second-order valence-electron chi connectivity index (χ2n) is 7.68. The normalized spacial score (nSPS) is 15.1. The van der Waals surface area contributed by atoms with Crippen LogP contribution < -0.4 is 15.0 Å². The molecule has 168 valence electrons. The number of H-pyrrole nitrogens is 1. The summed E-state index contributed by atoms with van der Waals surface area (Å²) in [4.78, 5) is 22.3. The third-order valence-corrected chi connectivity index (χ3v) is 6.13. The summed E-state index contributed by atoms with van der Waals surface area (Å²) in [5, 5.41) is 12.4. The minimum atomic E-state index is -0.377. The van der Waals surface area contributed by atoms with Gasteiger partial charge in [0, 0.05) is 48.2 Å². The third-order valence-electron chi connectivity index (χ3n) is 5.53. The summed E-state index contributed by atoms with van der Waals surface area (Å²) in [5.74, 6) is 1.30. The van der Waals surface area contributed by atoms with E-state index < -0.39 is 0 Å². The van der Waals surface area contributed by atoms with Gasteiger partial charge in [0.2, 0.25) is 5.91 Å². The van der Waals surface area contributed by atoms with Crippen molar-refractivity contribution < 1.29 is 9.53 Å². The number of aromatic nitrogens is 4. The topological polar surface area (TPSA) is 96.0 Å². The van der Waals surface area contributed by atoms with Crippen LogP contribution in [0.3, 0.4) is 0 Å². The van der Waals surface area contributed by atoms with Gasteiger partial charge in [0.25, 0.3) is 0 Å². The van der Waals surface area contributed by atoms with Crippen LogP contribution in [-0.4, -0.2) is 45.7 Å². The van der Waals surface area contributed by atoms with Crippen LogP contribution in [0.25, 0.3) is 22.2 Å². The van der Waals surface area contributed by atoms with Crippen molar-refractivity contribution in [3.8, 4) is 17.0 Å². The van der Waals surface area contributed by atoms with Crippen molar-refractivity contribution in [3.05, 3.63) is 64.5 Å². The maximum Gasteiger partial charge on any atom is 0.242 e. The summed E-state index contributed by atoms with van der Waals surface area (Å²) in [6, 6.07) is 9.45. The molecule has 8 nitrogen and oxygen atoms in total. The van der Waals surface area contributed by atoms with E-state index in [-0.39, 0.29) is 12.0 Å². The standard InChI is InChI=1S/C23H20Cl2N6O2/c1-13(22-17(24)10-27-11-18(22)25)33-15-3-4-19-16(8-15)23(30-29-19)14-2-5-20(28-9-14)31-7-6-26-12-21(31)32/h2-5,8-11,13,26H,6-7,12H2,1H3,(H,29,30). The predicted molar refractivity (Wildman–Crippen MR) is 128 cm³/mol. The van der Waals surface area contributed by atoms with Gasteiger partial charge in [-0.15, -0.1) is 0 Å². The second kappa shape index (κ2) is 8.97. The van der Waals surface area contributed by atoms with Crippen LogP contribution in [0.2, 0.25) is 10.0 Å². The lowest BCUT2D eigenvalue weighted by atomic mass is 10.1. The van der Waals surface area contributed by atoms with Gasteiger partial charge in [-0.3, -0.25) is 19.8 Å². The Labute approximate surface area is 199 Å². The first-order chi connectivity index (χ1) is 16.0. The van der Waals surface area contributed by atoms with Crippen molar-refractivity contribution in [1.82, 2.24) is 25.5 Å². The Hall–Kier alpha value is -3.20. The molecule has 0 aliphatic carbocycles. The summed E-state index contributed by atoms with van der Waals surface area (Å²) >= 11 is 12.5. The molecule has 3 aromatic heterocycles. The fourth-order valence-corrected chi connectivity index (χ4v) is 4.57. The molecular weight excluding hydrogens is 463 g/mol. The fourth-order valence-electron chi connectivity index (χ4n) is 3.89. The Morgan fingerprint density at radius 2 is 1.94 bits per heavy atom. The first-order valence-electron chi connectivity index (χ1n) is 10.4. The number of pyridine rings is 2. The SMILES string of the molecule is CC(Oc1ccc2[nH]nc(-c3ccc(N4CCNCC4=O)nc3)c2c1)c1c(Cl)cncc1Cl. The van der Waals surface area contributed by atoms with Crippen molar-refractivity contribution in [2.75, 3.05) is 24.5 Å². The Morgan fingerprint density at radius 3 is 2.67 bits per heavy atom. The highest BCUT2D eigenvalue weighted by atomic mass is 35.5. The Bertz CT molecular complexity index is 1300. The number of piperazine rings is 1. The van der Waals surface area contributed by atoms with E-state index >= 15 is 0 Å². The van der Waals surface area contributed by atoms with Gasteiger partial charge in [-0.25, -0.2) is 4.98 Å². The molecule has 1 atom stereocenters. The highest BCUT2D eigenvalue weighted by Crippen LogP contribution is 2.34. The molecule has 10 heteroatoms. The van der Waals surface area contributed by atoms with E-state index in [9.17, 15) is 4.79 Å². The van der Waals surface area contributed by atoms with Crippen LogP contribution in [0.15, 0.2) is 48.9 Å². The molecule has 1 saturated heterocycles. The second-order valence-corrected chi connectivity index (χ2v) is 8.50. The number of nitrogens with zero attached hydrogens (tertiary/aromatic N) is 4. The number of aromatic amines is 1. The van der Waals surface area contributed by atoms with Crippen molar-refractivity contribution in [2.45, 2.75) is 13.0 Å². The maximum atomic E-state index is 12.1. The van der Waals surface area contributed by atoms with E-state index in [0.717, 1.165) is 28.7 Å². The molecule has 2 N–H and O–H groups in total. The van der Waals surface area contributed by atoms with Crippen LogP contribution in [0, 0.1) is 0 Å². The Morgan fingerprint density at radius 1 is 1.12 bits per heavy atom. The predicted octanol–water partition coefficient (Wildman–Crippen LogP) is 4.40. The van der Waals surface area contributed by atoms with Gasteiger partial charge in [-0.05, 0) is 37.3 Å². The zero-order chi connectivity index (χ0) is 22.9. The molecule has 5 rings (SSSR count). The summed E-state index contributed by atoms with van der Waals surface area (Å²) in [6.07, 6.45) is 4.45. The van der Waals surface area contributed by atoms with Crippen molar-refractivity contribution in [2.24, 2.45) is 0 Å². The van der Waals surface area contributed by atoms with E-state index in [1.54, 1.807) is 23.5 Å². The van der Waals surface area contributed by atoms with E-state index in [4.69, 9.17) is 27.9 Å². The highest BCUT2D eigenvalue weighted by molar-refractivity contribution is 6.35. The number of nitrogens with one attached hydrogen (secondary N) is 2. The van der Waals surface area contributed by atoms with Crippen LogP contribution in [0.5, 0.6) is 5.75 Å². The lowest BCUT2D eigenvalue weighted by Gasteiger charge is -2.26. The van der Waals surface area contributed by atoms with Gasteiger partial charge in [0.1, 0.15) is 23.4 Å². The largest absolute Gasteiger partial charge is 0.486 e. The highest BCUT2D eigenvalue weighted by Gasteiger charge is 2.21. The number of hydrogen-bond donors (Lipinski definition) is 2. The van der Waals surface area contributed by atoms with Gasteiger partial charge in [-0.2, -0.15) is 5.10 Å². The van der Waals surface area contributed by atoms with Crippen molar-refractivity contribution in [3.63, 3.8) is 0 Å². The van der Waals surface area contributed by atoms with Crippen LogP contribution in [-0.2, 0) is 4.79 Å². The molecule has 0 spiro atoms. The number of hydrogen-bond acceptors (Lipinski definition) is 6. The smallest absolute Gasteiger partial charge is 0.242 e. The summed E-state index contributed by atoms with van der Waals surface area (Å²) in [5.41, 5.74) is 3.13. The van der Waals surface area contributed by atoms with Crippen LogP contribution in [0.4, 0.5) is 5.82 Å². The van der Waals surface area contributed by atoms with Gasteiger partial charge in [0.15, 0.2) is 0 Å². The average Bonchev–Trinajstić information content (AvgIpc) is 3.23. The molecule has 0 bridgehead atoms. The zero-order valence-electron chi connectivity index (χ0n) is 17.7. The van der Waals surface area contributed by atoms with Gasteiger partial charge in [-0.1, -0.05) is 23.2 Å². The lowest BCUT2D eigenvalue weighted by molar-refractivity contribution is -0.118. The Balaban J connectivity index is 1.42. The number of carbonyl (C=O) groups excluding carboxylic acids is 1. The van der Waals surface area contributed by atoms with E-state index in [0.29, 0.717) is 40.3 Å². The molecule has 0 radical (unpaired) electrons. The van der Waals surface area contributed by atoms with Gasteiger partial charge >= 0.3 is 0 Å². The minimum Gasteiger partial charge on any atom is -0.486 e. The maximum absolute atomic E-state index is 12.1. The first-order valence-corrected chi connectivity index (χ1v) is 11.2. The molecular formula is C23H20Cl2N6O2. The van der Waals surface area contributed by atoms with Crippen molar-refractivity contribution in [1.29, 1.82) is 0 Å². The van der Waals surface area contributed by atoms with Crippen molar-refractivity contribution >= 4 is 45.8 Å². The van der Waals surface area contributed by atoms with Crippen LogP contribution >= 0.6 is 23.2 Å². The quantitative estimate of drug-likeness (QED) is 0.437. The lowest BCUT2D eigenvalue weighted by Crippen LogP contribution is -2.48. The van der Waals surface area contributed by atoms with E-state index in [2.05, 4.69) is 25.5 Å². The van der Waals surface area contributed by atoms with Gasteiger partial charge in [0.05, 0.1) is 22.1 Å². The molecule has 0 saturated carbocycles. The molecule has 1 aromatic carbocycles. The fraction of sp³-hybridized carbons (Fsp3) is 0.217. The van der Waals surface area contributed by atoms with E-state index in [1.165, 1.54) is 0 Å². The number of ether oxygens (including phenoxy) is 1. The number of anilines is 1. The summed E-state index contributed by atoms with van der Waals surface area (Å²) < 4.78 is 6.14. The monoisotopic (exact) mass is 482 g/mol. The van der Waals surface area contributed by atoms with E-state index in [1.807, 2.05) is 37.3 Å². The molecule has 1 unspecified atom stereocenters. The summed E-state index contributed by atoms with van der Waals surface area (Å²) in [7, 11) is 0. The zero-order valence-corrected chi connectivity index (χ0v) is 19.2. The number of carbonyl (C=O) groups is 1. The number of halogens is 2. The molecule has 1 aliphatic heterocycles. The number of amides is 1.